The number of furan rings is 1. The summed E-state index contributed by atoms with van der Waals surface area (Å²) in [6, 6.07) is 5.11. The van der Waals surface area contributed by atoms with Gasteiger partial charge in [0.1, 0.15) is 5.76 Å². The Morgan fingerprint density at radius 1 is 1.30 bits per heavy atom. The summed E-state index contributed by atoms with van der Waals surface area (Å²) in [5, 5.41) is 6.89. The average Bonchev–Trinajstić information content (AvgIpc) is 3.12. The predicted molar refractivity (Wildman–Crippen MR) is 122 cm³/mol. The van der Waals surface area contributed by atoms with Gasteiger partial charge in [0.05, 0.1) is 18.8 Å². The van der Waals surface area contributed by atoms with Gasteiger partial charge in [-0.05, 0) is 64.4 Å². The molecule has 7 heteroatoms. The smallest absolute Gasteiger partial charge is 0.191 e. The average molecular weight is 489 g/mol. The lowest BCUT2D eigenvalue weighted by atomic mass is 10.2. The zero-order valence-corrected chi connectivity index (χ0v) is 19.2. The van der Waals surface area contributed by atoms with Crippen LogP contribution in [0.15, 0.2) is 27.8 Å². The minimum atomic E-state index is 0. The van der Waals surface area contributed by atoms with Crippen molar-refractivity contribution < 1.29 is 4.42 Å². The van der Waals surface area contributed by atoms with Gasteiger partial charge in [-0.15, -0.1) is 24.0 Å². The summed E-state index contributed by atoms with van der Waals surface area (Å²) in [5.41, 5.74) is 0. The SMILES string of the molecule is CCNC(=NCC(c1ccco1)N1CCCC1)NCCN(CC)C1CC1.I. The monoisotopic (exact) mass is 489 g/mol. The lowest BCUT2D eigenvalue weighted by molar-refractivity contribution is 0.221. The molecule has 3 rings (SSSR count). The third-order valence-corrected chi connectivity index (χ3v) is 5.38. The predicted octanol–water partition coefficient (Wildman–Crippen LogP) is 3.07. The Morgan fingerprint density at radius 2 is 2.07 bits per heavy atom. The van der Waals surface area contributed by atoms with Gasteiger partial charge in [-0.3, -0.25) is 14.8 Å². The van der Waals surface area contributed by atoms with Crippen LogP contribution in [0.2, 0.25) is 0 Å². The molecule has 1 saturated heterocycles. The van der Waals surface area contributed by atoms with E-state index in [2.05, 4.69) is 40.3 Å². The van der Waals surface area contributed by atoms with Crippen LogP contribution in [0.4, 0.5) is 0 Å². The lowest BCUT2D eigenvalue weighted by Crippen LogP contribution is -2.42. The highest BCUT2D eigenvalue weighted by atomic mass is 127. The number of likely N-dealkylation sites (N-methyl/N-ethyl adjacent to an activating group) is 1. The molecule has 0 spiro atoms. The molecular formula is C20H36IN5O. The van der Waals surface area contributed by atoms with Crippen molar-refractivity contribution in [3.05, 3.63) is 24.2 Å². The van der Waals surface area contributed by atoms with Crippen LogP contribution in [0.5, 0.6) is 0 Å². The molecule has 27 heavy (non-hydrogen) atoms. The summed E-state index contributed by atoms with van der Waals surface area (Å²) >= 11 is 0. The van der Waals surface area contributed by atoms with Crippen molar-refractivity contribution in [3.63, 3.8) is 0 Å². The highest BCUT2D eigenvalue weighted by molar-refractivity contribution is 14.0. The van der Waals surface area contributed by atoms with Crippen LogP contribution in [-0.2, 0) is 0 Å². The van der Waals surface area contributed by atoms with E-state index in [0.29, 0.717) is 0 Å². The number of rotatable bonds is 10. The third-order valence-electron chi connectivity index (χ3n) is 5.38. The second kappa shape index (κ2) is 11.9. The molecule has 0 aromatic carbocycles. The molecule has 1 aromatic heterocycles. The first-order valence-electron chi connectivity index (χ1n) is 10.4. The van der Waals surface area contributed by atoms with E-state index in [1.165, 1.54) is 25.7 Å². The van der Waals surface area contributed by atoms with Crippen molar-refractivity contribution in [1.29, 1.82) is 0 Å². The molecule has 2 N–H and O–H groups in total. The van der Waals surface area contributed by atoms with Crippen LogP contribution in [0.1, 0.15) is 51.3 Å². The Bertz CT molecular complexity index is 541. The maximum Gasteiger partial charge on any atom is 0.191 e. The van der Waals surface area contributed by atoms with E-state index in [1.807, 2.05) is 6.07 Å². The number of guanidine groups is 1. The van der Waals surface area contributed by atoms with Crippen molar-refractivity contribution >= 4 is 29.9 Å². The van der Waals surface area contributed by atoms with Gasteiger partial charge in [0.25, 0.3) is 0 Å². The van der Waals surface area contributed by atoms with E-state index in [4.69, 9.17) is 9.41 Å². The Kier molecular flexibility index (Phi) is 9.92. The maximum absolute atomic E-state index is 5.70. The molecular weight excluding hydrogens is 453 g/mol. The van der Waals surface area contributed by atoms with Crippen molar-refractivity contribution in [2.45, 2.75) is 51.6 Å². The first-order chi connectivity index (χ1) is 12.8. The molecule has 2 heterocycles. The summed E-state index contributed by atoms with van der Waals surface area (Å²) in [6.45, 7) is 11.4. The lowest BCUT2D eigenvalue weighted by Gasteiger charge is -2.25. The summed E-state index contributed by atoms with van der Waals surface area (Å²) in [4.78, 5) is 9.93. The van der Waals surface area contributed by atoms with Gasteiger partial charge in [0.15, 0.2) is 5.96 Å². The molecule has 0 amide bonds. The second-order valence-electron chi connectivity index (χ2n) is 7.28. The van der Waals surface area contributed by atoms with E-state index >= 15 is 0 Å². The number of nitrogens with one attached hydrogen (secondary N) is 2. The molecule has 2 fully saturated rings. The highest BCUT2D eigenvalue weighted by Crippen LogP contribution is 2.26. The molecule has 1 atom stereocenters. The summed E-state index contributed by atoms with van der Waals surface area (Å²) in [6.07, 6.45) is 7.04. The molecule has 1 aliphatic carbocycles. The molecule has 1 saturated carbocycles. The Balaban J connectivity index is 0.00000261. The third kappa shape index (κ3) is 6.94. The van der Waals surface area contributed by atoms with Crippen LogP contribution in [0, 0.1) is 0 Å². The van der Waals surface area contributed by atoms with Gasteiger partial charge >= 0.3 is 0 Å². The normalized spacial score (nSPS) is 19.1. The fourth-order valence-electron chi connectivity index (χ4n) is 3.80. The number of halogens is 1. The van der Waals surface area contributed by atoms with Gasteiger partial charge in [-0.1, -0.05) is 6.92 Å². The van der Waals surface area contributed by atoms with Crippen molar-refractivity contribution in [1.82, 2.24) is 20.4 Å². The zero-order valence-electron chi connectivity index (χ0n) is 16.8. The van der Waals surface area contributed by atoms with Gasteiger partial charge in [-0.25, -0.2) is 0 Å². The minimum absolute atomic E-state index is 0. The first-order valence-corrected chi connectivity index (χ1v) is 10.4. The summed E-state index contributed by atoms with van der Waals surface area (Å²) < 4.78 is 5.70. The maximum atomic E-state index is 5.70. The fourth-order valence-corrected chi connectivity index (χ4v) is 3.80. The van der Waals surface area contributed by atoms with Crippen LogP contribution >= 0.6 is 24.0 Å². The fraction of sp³-hybridized carbons (Fsp3) is 0.750. The molecule has 2 aliphatic rings. The first kappa shape index (κ1) is 22.5. The number of aliphatic imine (C=N–C) groups is 1. The van der Waals surface area contributed by atoms with Crippen molar-refractivity contribution in [2.75, 3.05) is 45.8 Å². The molecule has 0 radical (unpaired) electrons. The van der Waals surface area contributed by atoms with Crippen LogP contribution < -0.4 is 10.6 Å². The number of likely N-dealkylation sites (tertiary alicyclic amines) is 1. The van der Waals surface area contributed by atoms with Gasteiger partial charge in [-0.2, -0.15) is 0 Å². The van der Waals surface area contributed by atoms with E-state index in [1.54, 1.807) is 6.26 Å². The minimum Gasteiger partial charge on any atom is -0.468 e. The van der Waals surface area contributed by atoms with Crippen LogP contribution in [0.3, 0.4) is 0 Å². The molecule has 1 aliphatic heterocycles. The van der Waals surface area contributed by atoms with Gasteiger partial charge in [0, 0.05) is 25.7 Å². The highest BCUT2D eigenvalue weighted by Gasteiger charge is 2.27. The largest absolute Gasteiger partial charge is 0.468 e. The van der Waals surface area contributed by atoms with E-state index in [-0.39, 0.29) is 30.0 Å². The summed E-state index contributed by atoms with van der Waals surface area (Å²) in [5.74, 6) is 1.94. The van der Waals surface area contributed by atoms with Crippen molar-refractivity contribution in [3.8, 4) is 0 Å². The standard InChI is InChI=1S/C20H35N5O.HI/c1-3-21-20(22-11-14-24(4-2)17-9-10-17)23-16-18(19-8-7-15-26-19)25-12-5-6-13-25;/h7-8,15,17-18H,3-6,9-14,16H2,1-2H3,(H2,21,22,23);1H. The number of hydrogen-bond acceptors (Lipinski definition) is 4. The van der Waals surface area contributed by atoms with Crippen molar-refractivity contribution in [2.24, 2.45) is 4.99 Å². The molecule has 1 aromatic rings. The quantitative estimate of drug-likeness (QED) is 0.301. The Labute approximate surface area is 181 Å². The van der Waals surface area contributed by atoms with E-state index < -0.39 is 0 Å². The van der Waals surface area contributed by atoms with Crippen LogP contribution in [-0.4, -0.2) is 67.6 Å². The Hall–Kier alpha value is -0.800. The van der Waals surface area contributed by atoms with E-state index in [9.17, 15) is 0 Å². The Morgan fingerprint density at radius 3 is 2.67 bits per heavy atom. The summed E-state index contributed by atoms with van der Waals surface area (Å²) in [7, 11) is 0. The topological polar surface area (TPSA) is 56.0 Å². The van der Waals surface area contributed by atoms with Gasteiger partial charge in [0.2, 0.25) is 0 Å². The van der Waals surface area contributed by atoms with Crippen LogP contribution in [0.25, 0.3) is 0 Å². The van der Waals surface area contributed by atoms with E-state index in [0.717, 1.165) is 63.6 Å². The molecule has 6 nitrogen and oxygen atoms in total. The second-order valence-corrected chi connectivity index (χ2v) is 7.28. The molecule has 154 valence electrons. The number of nitrogens with zero attached hydrogens (tertiary/aromatic N) is 3. The number of hydrogen-bond donors (Lipinski definition) is 2. The molecule has 0 bridgehead atoms. The van der Waals surface area contributed by atoms with Gasteiger partial charge < -0.3 is 15.1 Å². The molecule has 1 unspecified atom stereocenters. The zero-order chi connectivity index (χ0) is 18.2.